The fourth-order valence-electron chi connectivity index (χ4n) is 1.40. The Morgan fingerprint density at radius 3 is 2.18 bits per heavy atom. The van der Waals surface area contributed by atoms with Crippen LogP contribution in [-0.4, -0.2) is 35.6 Å². The van der Waals surface area contributed by atoms with Gasteiger partial charge in [0.1, 0.15) is 6.04 Å². The van der Waals surface area contributed by atoms with Crippen molar-refractivity contribution < 1.29 is 14.7 Å². The van der Waals surface area contributed by atoms with Crippen molar-refractivity contribution in [2.45, 2.75) is 52.6 Å². The molecule has 1 atom stereocenters. The minimum Gasteiger partial charge on any atom is -0.480 e. The molecule has 1 unspecified atom stereocenters. The molecule has 100 valence electrons. The molecule has 0 saturated carbocycles. The van der Waals surface area contributed by atoms with E-state index in [0.29, 0.717) is 18.9 Å². The Kier molecular flexibility index (Phi) is 7.54. The summed E-state index contributed by atoms with van der Waals surface area (Å²) >= 11 is 0. The third-order valence-electron chi connectivity index (χ3n) is 2.38. The molecule has 0 aliphatic heterocycles. The second kappa shape index (κ2) is 8.06. The molecule has 0 aromatic carbocycles. The Morgan fingerprint density at radius 2 is 1.76 bits per heavy atom. The maximum atomic E-state index is 11.5. The summed E-state index contributed by atoms with van der Waals surface area (Å²) in [5.74, 6) is -1.28. The van der Waals surface area contributed by atoms with Crippen molar-refractivity contribution in [3.63, 3.8) is 0 Å². The van der Waals surface area contributed by atoms with Gasteiger partial charge in [-0.05, 0) is 18.9 Å². The van der Waals surface area contributed by atoms with Crippen molar-refractivity contribution in [2.24, 2.45) is 5.92 Å². The van der Waals surface area contributed by atoms with Crippen LogP contribution in [0.5, 0.6) is 0 Å². The van der Waals surface area contributed by atoms with E-state index >= 15 is 0 Å². The highest BCUT2D eigenvalue weighted by Crippen LogP contribution is 2.02. The Bertz CT molecular complexity index is 252. The van der Waals surface area contributed by atoms with E-state index in [1.54, 1.807) is 13.8 Å². The number of carboxylic acid groups (broad SMARTS) is 1. The first kappa shape index (κ1) is 15.9. The molecular formula is C12H24N2O3. The highest BCUT2D eigenvalue weighted by atomic mass is 16.4. The van der Waals surface area contributed by atoms with Gasteiger partial charge in [-0.1, -0.05) is 27.7 Å². The number of hydrogen-bond donors (Lipinski definition) is 3. The number of carbonyl (C=O) groups excluding carboxylic acids is 1. The molecule has 0 spiro atoms. The lowest BCUT2D eigenvalue weighted by atomic mass is 10.0. The maximum Gasteiger partial charge on any atom is 0.326 e. The van der Waals surface area contributed by atoms with Crippen molar-refractivity contribution in [1.29, 1.82) is 0 Å². The predicted molar refractivity (Wildman–Crippen MR) is 66.8 cm³/mol. The van der Waals surface area contributed by atoms with Crippen LogP contribution in [0, 0.1) is 5.92 Å². The summed E-state index contributed by atoms with van der Waals surface area (Å²) < 4.78 is 0. The van der Waals surface area contributed by atoms with Crippen LogP contribution < -0.4 is 10.6 Å². The largest absolute Gasteiger partial charge is 0.480 e. The summed E-state index contributed by atoms with van der Waals surface area (Å²) in [6, 6.07) is -0.388. The Labute approximate surface area is 103 Å². The van der Waals surface area contributed by atoms with Crippen LogP contribution in [0.25, 0.3) is 0 Å². The van der Waals surface area contributed by atoms with E-state index in [4.69, 9.17) is 5.11 Å². The summed E-state index contributed by atoms with van der Waals surface area (Å²) in [6.45, 7) is 8.40. The Hall–Kier alpha value is -1.10. The van der Waals surface area contributed by atoms with Gasteiger partial charge in [-0.15, -0.1) is 0 Å². The number of rotatable bonds is 8. The summed E-state index contributed by atoms with van der Waals surface area (Å²) in [5.41, 5.74) is 0. The molecular weight excluding hydrogens is 220 g/mol. The molecule has 0 bridgehead atoms. The average molecular weight is 244 g/mol. The normalized spacial score (nSPS) is 12.8. The lowest BCUT2D eigenvalue weighted by Gasteiger charge is -2.17. The van der Waals surface area contributed by atoms with Crippen molar-refractivity contribution in [2.75, 3.05) is 6.54 Å². The van der Waals surface area contributed by atoms with Gasteiger partial charge < -0.3 is 15.7 Å². The van der Waals surface area contributed by atoms with Gasteiger partial charge in [0, 0.05) is 12.5 Å². The highest BCUT2D eigenvalue weighted by molar-refractivity contribution is 5.83. The topological polar surface area (TPSA) is 78.4 Å². The second-order valence-corrected chi connectivity index (χ2v) is 4.84. The number of nitrogens with one attached hydrogen (secondary N) is 2. The number of carbonyl (C=O) groups is 2. The van der Waals surface area contributed by atoms with Crippen LogP contribution in [0.15, 0.2) is 0 Å². The molecule has 0 aliphatic carbocycles. The zero-order valence-electron chi connectivity index (χ0n) is 11.1. The van der Waals surface area contributed by atoms with E-state index in [0.717, 1.165) is 6.54 Å². The van der Waals surface area contributed by atoms with Gasteiger partial charge in [-0.25, -0.2) is 4.79 Å². The van der Waals surface area contributed by atoms with Gasteiger partial charge in [0.2, 0.25) is 5.91 Å². The fraction of sp³-hybridized carbons (Fsp3) is 0.833. The first-order valence-electron chi connectivity index (χ1n) is 6.10. The van der Waals surface area contributed by atoms with Crippen LogP contribution >= 0.6 is 0 Å². The average Bonchev–Trinajstić information content (AvgIpc) is 2.19. The Balaban J connectivity index is 3.87. The van der Waals surface area contributed by atoms with E-state index in [-0.39, 0.29) is 11.8 Å². The second-order valence-electron chi connectivity index (χ2n) is 4.84. The Morgan fingerprint density at radius 1 is 1.18 bits per heavy atom. The number of amides is 1. The molecule has 3 N–H and O–H groups in total. The van der Waals surface area contributed by atoms with Gasteiger partial charge in [-0.2, -0.15) is 0 Å². The number of carboxylic acids is 1. The van der Waals surface area contributed by atoms with Crippen LogP contribution in [0.2, 0.25) is 0 Å². The van der Waals surface area contributed by atoms with Gasteiger partial charge in [0.05, 0.1) is 0 Å². The van der Waals surface area contributed by atoms with Crippen LogP contribution in [-0.2, 0) is 9.59 Å². The van der Waals surface area contributed by atoms with E-state index in [1.807, 2.05) is 13.8 Å². The standard InChI is InChI=1S/C12H24N2O3/c1-8(2)11(12(16)17)14-10(15)6-5-7-13-9(3)4/h8-9,11,13H,5-7H2,1-4H3,(H,14,15)(H,16,17). The first-order valence-corrected chi connectivity index (χ1v) is 6.10. The van der Waals surface area contributed by atoms with Gasteiger partial charge >= 0.3 is 5.97 Å². The van der Waals surface area contributed by atoms with Crippen LogP contribution in [0.3, 0.4) is 0 Å². The molecule has 5 heteroatoms. The molecule has 0 rings (SSSR count). The number of hydrogen-bond acceptors (Lipinski definition) is 3. The molecule has 5 nitrogen and oxygen atoms in total. The van der Waals surface area contributed by atoms with Crippen molar-refractivity contribution in [3.8, 4) is 0 Å². The zero-order valence-corrected chi connectivity index (χ0v) is 11.1. The monoisotopic (exact) mass is 244 g/mol. The minimum atomic E-state index is -0.978. The van der Waals surface area contributed by atoms with Gasteiger partial charge in [0.15, 0.2) is 0 Å². The lowest BCUT2D eigenvalue weighted by Crippen LogP contribution is -2.44. The molecule has 0 heterocycles. The van der Waals surface area contributed by atoms with E-state index in [9.17, 15) is 9.59 Å². The van der Waals surface area contributed by atoms with E-state index in [1.165, 1.54) is 0 Å². The van der Waals surface area contributed by atoms with Crippen LogP contribution in [0.1, 0.15) is 40.5 Å². The molecule has 17 heavy (non-hydrogen) atoms. The first-order chi connectivity index (χ1) is 7.84. The molecule has 0 fully saturated rings. The minimum absolute atomic E-state index is 0.106. The quantitative estimate of drug-likeness (QED) is 0.556. The van der Waals surface area contributed by atoms with Crippen molar-refractivity contribution in [3.05, 3.63) is 0 Å². The maximum absolute atomic E-state index is 11.5. The molecule has 0 saturated heterocycles. The summed E-state index contributed by atoms with van der Waals surface area (Å²) in [4.78, 5) is 22.4. The van der Waals surface area contributed by atoms with E-state index < -0.39 is 12.0 Å². The SMILES string of the molecule is CC(C)NCCCC(=O)NC(C(=O)O)C(C)C. The summed E-state index contributed by atoms with van der Waals surface area (Å²) in [6.07, 6.45) is 1.07. The predicted octanol–water partition coefficient (Wildman–Crippen LogP) is 0.990. The third kappa shape index (κ3) is 7.74. The third-order valence-corrected chi connectivity index (χ3v) is 2.38. The molecule has 0 aromatic rings. The molecule has 0 radical (unpaired) electrons. The molecule has 1 amide bonds. The lowest BCUT2D eigenvalue weighted by molar-refractivity contribution is -0.143. The summed E-state index contributed by atoms with van der Waals surface area (Å²) in [7, 11) is 0. The van der Waals surface area contributed by atoms with Crippen molar-refractivity contribution >= 4 is 11.9 Å². The summed E-state index contributed by atoms with van der Waals surface area (Å²) in [5, 5.41) is 14.7. The van der Waals surface area contributed by atoms with Gasteiger partial charge in [-0.3, -0.25) is 4.79 Å². The zero-order chi connectivity index (χ0) is 13.4. The van der Waals surface area contributed by atoms with E-state index in [2.05, 4.69) is 10.6 Å². The number of aliphatic carboxylic acids is 1. The highest BCUT2D eigenvalue weighted by Gasteiger charge is 2.22. The fourth-order valence-corrected chi connectivity index (χ4v) is 1.40. The van der Waals surface area contributed by atoms with Crippen molar-refractivity contribution in [1.82, 2.24) is 10.6 Å². The van der Waals surface area contributed by atoms with Crippen LogP contribution in [0.4, 0.5) is 0 Å². The molecule has 0 aliphatic rings. The smallest absolute Gasteiger partial charge is 0.326 e. The van der Waals surface area contributed by atoms with Gasteiger partial charge in [0.25, 0.3) is 0 Å². The molecule has 0 aromatic heterocycles.